The molecule has 0 amide bonds. The first-order chi connectivity index (χ1) is 10.2. The van der Waals surface area contributed by atoms with E-state index in [4.69, 9.17) is 10.8 Å². The SMILES string of the molecule is NCC#Cc1cc(CN2CCN(CCO)CC2)ccc1F. The third kappa shape index (κ3) is 4.80. The van der Waals surface area contributed by atoms with Gasteiger partial charge >= 0.3 is 0 Å². The molecule has 4 nitrogen and oxygen atoms in total. The molecule has 0 aromatic heterocycles. The summed E-state index contributed by atoms with van der Waals surface area (Å²) >= 11 is 0. The molecule has 114 valence electrons. The van der Waals surface area contributed by atoms with Gasteiger partial charge in [0.1, 0.15) is 5.82 Å². The largest absolute Gasteiger partial charge is 0.395 e. The standard InChI is InChI=1S/C16H22FN3O/c17-16-4-3-14(12-15(16)2-1-5-18)13-20-8-6-19(7-9-20)10-11-21/h3-4,12,21H,5-11,13,18H2. The normalized spacial score (nSPS) is 16.5. The number of aliphatic hydroxyl groups excluding tert-OH is 1. The first-order valence-electron chi connectivity index (χ1n) is 7.26. The molecule has 3 N–H and O–H groups in total. The molecule has 1 saturated heterocycles. The number of piperazine rings is 1. The van der Waals surface area contributed by atoms with Gasteiger partial charge in [0.25, 0.3) is 0 Å². The van der Waals surface area contributed by atoms with E-state index in [1.54, 1.807) is 6.07 Å². The third-order valence-electron chi connectivity index (χ3n) is 3.64. The second-order valence-corrected chi connectivity index (χ2v) is 5.16. The second-order valence-electron chi connectivity index (χ2n) is 5.16. The average Bonchev–Trinajstić information content (AvgIpc) is 2.50. The van der Waals surface area contributed by atoms with Gasteiger partial charge in [0.15, 0.2) is 0 Å². The van der Waals surface area contributed by atoms with Crippen LogP contribution in [0.25, 0.3) is 0 Å². The molecule has 1 aliphatic rings. The number of β-amino-alcohol motifs (C(OH)–C–C–N with tert-alkyl or cyclic N) is 1. The van der Waals surface area contributed by atoms with Crippen molar-refractivity contribution >= 4 is 0 Å². The Kier molecular flexibility index (Phi) is 6.15. The number of rotatable bonds is 4. The fraction of sp³-hybridized carbons (Fsp3) is 0.500. The number of nitrogens with two attached hydrogens (primary N) is 1. The van der Waals surface area contributed by atoms with Gasteiger partial charge in [0.05, 0.1) is 18.7 Å². The summed E-state index contributed by atoms with van der Waals surface area (Å²) in [4.78, 5) is 4.58. The maximum atomic E-state index is 13.6. The number of hydrogen-bond acceptors (Lipinski definition) is 4. The molecule has 1 fully saturated rings. The van der Waals surface area contributed by atoms with Gasteiger partial charge in [-0.15, -0.1) is 0 Å². The van der Waals surface area contributed by atoms with Gasteiger partial charge in [-0.1, -0.05) is 17.9 Å². The Morgan fingerprint density at radius 3 is 2.57 bits per heavy atom. The molecule has 0 unspecified atom stereocenters. The quantitative estimate of drug-likeness (QED) is 0.781. The van der Waals surface area contributed by atoms with Crippen molar-refractivity contribution in [1.29, 1.82) is 0 Å². The van der Waals surface area contributed by atoms with Crippen molar-refractivity contribution in [2.45, 2.75) is 6.54 Å². The van der Waals surface area contributed by atoms with Crippen molar-refractivity contribution in [1.82, 2.24) is 9.80 Å². The van der Waals surface area contributed by atoms with Crippen molar-refractivity contribution in [3.05, 3.63) is 35.1 Å². The van der Waals surface area contributed by atoms with E-state index in [2.05, 4.69) is 21.6 Å². The third-order valence-corrected chi connectivity index (χ3v) is 3.64. The van der Waals surface area contributed by atoms with Crippen molar-refractivity contribution in [3.8, 4) is 11.8 Å². The Labute approximate surface area is 125 Å². The minimum absolute atomic E-state index is 0.209. The highest BCUT2D eigenvalue weighted by molar-refractivity contribution is 5.38. The second kappa shape index (κ2) is 8.11. The van der Waals surface area contributed by atoms with E-state index in [1.165, 1.54) is 6.07 Å². The topological polar surface area (TPSA) is 52.7 Å². The number of halogens is 1. The van der Waals surface area contributed by atoms with Crippen molar-refractivity contribution < 1.29 is 9.50 Å². The molecule has 5 heteroatoms. The van der Waals surface area contributed by atoms with E-state index in [-0.39, 0.29) is 19.0 Å². The molecule has 0 aliphatic carbocycles. The predicted molar refractivity (Wildman–Crippen MR) is 81.1 cm³/mol. The zero-order valence-electron chi connectivity index (χ0n) is 12.2. The lowest BCUT2D eigenvalue weighted by molar-refractivity contribution is 0.108. The maximum Gasteiger partial charge on any atom is 0.138 e. The Bertz CT molecular complexity index is 516. The van der Waals surface area contributed by atoms with Crippen LogP contribution in [0.5, 0.6) is 0 Å². The van der Waals surface area contributed by atoms with E-state index < -0.39 is 0 Å². The molecule has 0 bridgehead atoms. The zero-order valence-corrected chi connectivity index (χ0v) is 12.2. The molecule has 1 aromatic rings. The minimum atomic E-state index is -0.299. The molecule has 0 atom stereocenters. The van der Waals surface area contributed by atoms with Gasteiger partial charge in [0.2, 0.25) is 0 Å². The fourth-order valence-corrected chi connectivity index (χ4v) is 2.48. The van der Waals surface area contributed by atoms with Crippen LogP contribution in [0.15, 0.2) is 18.2 Å². The highest BCUT2D eigenvalue weighted by Gasteiger charge is 2.16. The van der Waals surface area contributed by atoms with Crippen molar-refractivity contribution in [2.24, 2.45) is 5.73 Å². The first-order valence-corrected chi connectivity index (χ1v) is 7.26. The molecule has 0 spiro atoms. The Hall–Kier alpha value is -1.45. The van der Waals surface area contributed by atoms with Crippen LogP contribution in [0, 0.1) is 17.7 Å². The summed E-state index contributed by atoms with van der Waals surface area (Å²) < 4.78 is 13.6. The number of aliphatic hydroxyl groups is 1. The lowest BCUT2D eigenvalue weighted by atomic mass is 10.1. The monoisotopic (exact) mass is 291 g/mol. The van der Waals surface area contributed by atoms with Crippen LogP contribution in [0.3, 0.4) is 0 Å². The van der Waals surface area contributed by atoms with Gasteiger partial charge in [-0.2, -0.15) is 0 Å². The lowest BCUT2D eigenvalue weighted by Crippen LogP contribution is -2.46. The molecule has 2 rings (SSSR count). The summed E-state index contributed by atoms with van der Waals surface area (Å²) in [5, 5.41) is 8.93. The highest BCUT2D eigenvalue weighted by Crippen LogP contribution is 2.13. The zero-order chi connectivity index (χ0) is 15.1. The Balaban J connectivity index is 1.94. The average molecular weight is 291 g/mol. The molecular formula is C16H22FN3O. The van der Waals surface area contributed by atoms with Gasteiger partial charge in [0, 0.05) is 39.3 Å². The number of hydrogen-bond donors (Lipinski definition) is 2. The van der Waals surface area contributed by atoms with Crippen LogP contribution < -0.4 is 5.73 Å². The van der Waals surface area contributed by atoms with Crippen LogP contribution in [-0.2, 0) is 6.54 Å². The van der Waals surface area contributed by atoms with E-state index >= 15 is 0 Å². The summed E-state index contributed by atoms with van der Waals surface area (Å²) in [6.45, 7) is 5.82. The lowest BCUT2D eigenvalue weighted by Gasteiger charge is -2.34. The Morgan fingerprint density at radius 1 is 1.19 bits per heavy atom. The summed E-state index contributed by atoms with van der Waals surface area (Å²) in [7, 11) is 0. The van der Waals surface area contributed by atoms with Crippen LogP contribution in [0.4, 0.5) is 4.39 Å². The number of nitrogens with zero attached hydrogens (tertiary/aromatic N) is 2. The van der Waals surface area contributed by atoms with Crippen LogP contribution in [0.2, 0.25) is 0 Å². The molecule has 1 aromatic carbocycles. The predicted octanol–water partition coefficient (Wildman–Crippen LogP) is 0.246. The van der Waals surface area contributed by atoms with Crippen LogP contribution >= 0.6 is 0 Å². The molecule has 0 saturated carbocycles. The van der Waals surface area contributed by atoms with Crippen molar-refractivity contribution in [2.75, 3.05) is 45.9 Å². The van der Waals surface area contributed by atoms with E-state index in [1.807, 2.05) is 6.07 Å². The molecule has 1 heterocycles. The fourth-order valence-electron chi connectivity index (χ4n) is 2.48. The summed E-state index contributed by atoms with van der Waals surface area (Å²) in [6, 6.07) is 5.08. The molecule has 0 radical (unpaired) electrons. The summed E-state index contributed by atoms with van der Waals surface area (Å²) in [5.74, 6) is 5.16. The van der Waals surface area contributed by atoms with Gasteiger partial charge in [-0.3, -0.25) is 9.80 Å². The van der Waals surface area contributed by atoms with Gasteiger partial charge in [-0.25, -0.2) is 4.39 Å². The first kappa shape index (κ1) is 15.9. The Morgan fingerprint density at radius 2 is 1.90 bits per heavy atom. The van der Waals surface area contributed by atoms with E-state index in [0.717, 1.165) is 44.8 Å². The van der Waals surface area contributed by atoms with Crippen LogP contribution in [0.1, 0.15) is 11.1 Å². The molecular weight excluding hydrogens is 269 g/mol. The smallest absolute Gasteiger partial charge is 0.138 e. The maximum absolute atomic E-state index is 13.6. The van der Waals surface area contributed by atoms with Gasteiger partial charge in [-0.05, 0) is 17.7 Å². The van der Waals surface area contributed by atoms with E-state index in [9.17, 15) is 4.39 Å². The van der Waals surface area contributed by atoms with Crippen molar-refractivity contribution in [3.63, 3.8) is 0 Å². The number of benzene rings is 1. The minimum Gasteiger partial charge on any atom is -0.395 e. The summed E-state index contributed by atoms with van der Waals surface area (Å²) in [6.07, 6.45) is 0. The summed E-state index contributed by atoms with van der Waals surface area (Å²) in [5.41, 5.74) is 6.80. The van der Waals surface area contributed by atoms with E-state index in [0.29, 0.717) is 5.56 Å². The van der Waals surface area contributed by atoms with Gasteiger partial charge < -0.3 is 10.8 Å². The molecule has 21 heavy (non-hydrogen) atoms. The van der Waals surface area contributed by atoms with Crippen LogP contribution in [-0.4, -0.2) is 60.8 Å². The molecule has 1 aliphatic heterocycles. The highest BCUT2D eigenvalue weighted by atomic mass is 19.1.